The number of rotatable bonds is 8. The quantitative estimate of drug-likeness (QED) is 0.669. The number of hydrogen-bond donors (Lipinski definition) is 2. The highest BCUT2D eigenvalue weighted by molar-refractivity contribution is 5.85. The topological polar surface area (TPSA) is 75.6 Å². The average Bonchev–Trinajstić information content (AvgIpc) is 2.66. The first kappa shape index (κ1) is 22.4. The van der Waals surface area contributed by atoms with Crippen molar-refractivity contribution >= 4 is 11.9 Å². The van der Waals surface area contributed by atoms with Crippen LogP contribution >= 0.6 is 0 Å². The lowest BCUT2D eigenvalue weighted by molar-refractivity contribution is -0.155. The van der Waals surface area contributed by atoms with Gasteiger partial charge < -0.3 is 15.2 Å². The smallest absolute Gasteiger partial charge is 0.305 e. The number of methoxy groups -OCH3 is 1. The zero-order valence-electron chi connectivity index (χ0n) is 17.7. The van der Waals surface area contributed by atoms with Crippen molar-refractivity contribution in [3.63, 3.8) is 0 Å². The van der Waals surface area contributed by atoms with Crippen molar-refractivity contribution in [3.05, 3.63) is 35.4 Å². The molecule has 1 aliphatic rings. The van der Waals surface area contributed by atoms with Gasteiger partial charge in [-0.3, -0.25) is 9.59 Å². The fraction of sp³-hybridized carbons (Fsp3) is 0.652. The largest absolute Gasteiger partial charge is 0.469 e. The molecule has 2 N–H and O–H groups in total. The number of benzene rings is 1. The number of carbonyl (C=O) groups is 2. The number of ether oxygens (including phenoxy) is 1. The number of esters is 1. The summed E-state index contributed by atoms with van der Waals surface area (Å²) in [5, 5.41) is 14.2. The maximum Gasteiger partial charge on any atom is 0.305 e. The summed E-state index contributed by atoms with van der Waals surface area (Å²) in [6.07, 6.45) is 4.10. The van der Waals surface area contributed by atoms with Crippen LogP contribution < -0.4 is 5.32 Å². The SMILES string of the molecule is COC(=O)CCc1ccccc1CCNC(=O)[C@]1(O)C[C@H](C)CC[C@H]1C(C)C. The van der Waals surface area contributed by atoms with Gasteiger partial charge in [0.1, 0.15) is 5.60 Å². The van der Waals surface area contributed by atoms with Crippen LogP contribution in [0.25, 0.3) is 0 Å². The van der Waals surface area contributed by atoms with Gasteiger partial charge in [-0.2, -0.15) is 0 Å². The van der Waals surface area contributed by atoms with Crippen LogP contribution in [-0.4, -0.2) is 36.2 Å². The normalized spacial score (nSPS) is 24.8. The van der Waals surface area contributed by atoms with E-state index in [0.717, 1.165) is 24.0 Å². The van der Waals surface area contributed by atoms with Gasteiger partial charge in [0.05, 0.1) is 7.11 Å². The third-order valence-corrected chi connectivity index (χ3v) is 6.07. The summed E-state index contributed by atoms with van der Waals surface area (Å²) in [6.45, 7) is 6.73. The summed E-state index contributed by atoms with van der Waals surface area (Å²) in [5.74, 6) is 0.143. The van der Waals surface area contributed by atoms with Crippen molar-refractivity contribution in [2.45, 2.75) is 64.9 Å². The van der Waals surface area contributed by atoms with Gasteiger partial charge in [-0.05, 0) is 54.6 Å². The van der Waals surface area contributed by atoms with Crippen LogP contribution in [0.4, 0.5) is 0 Å². The third-order valence-electron chi connectivity index (χ3n) is 6.07. The Morgan fingerprint density at radius 3 is 2.46 bits per heavy atom. The van der Waals surface area contributed by atoms with E-state index in [9.17, 15) is 14.7 Å². The van der Waals surface area contributed by atoms with E-state index >= 15 is 0 Å². The lowest BCUT2D eigenvalue weighted by Gasteiger charge is -2.43. The molecule has 156 valence electrons. The van der Waals surface area contributed by atoms with Crippen LogP contribution in [-0.2, 0) is 27.2 Å². The number of nitrogens with one attached hydrogen (secondary N) is 1. The molecule has 5 heteroatoms. The van der Waals surface area contributed by atoms with E-state index in [0.29, 0.717) is 38.1 Å². The lowest BCUT2D eigenvalue weighted by Crippen LogP contribution is -2.56. The zero-order valence-corrected chi connectivity index (χ0v) is 17.7. The van der Waals surface area contributed by atoms with Gasteiger partial charge in [-0.25, -0.2) is 0 Å². The first-order valence-corrected chi connectivity index (χ1v) is 10.4. The Morgan fingerprint density at radius 1 is 1.21 bits per heavy atom. The molecule has 0 heterocycles. The summed E-state index contributed by atoms with van der Waals surface area (Å²) in [6, 6.07) is 7.94. The van der Waals surface area contributed by atoms with Crippen molar-refractivity contribution in [1.82, 2.24) is 5.32 Å². The van der Waals surface area contributed by atoms with Crippen LogP contribution in [0.5, 0.6) is 0 Å². The monoisotopic (exact) mass is 389 g/mol. The van der Waals surface area contributed by atoms with Crippen molar-refractivity contribution in [3.8, 4) is 0 Å². The average molecular weight is 390 g/mol. The second-order valence-electron chi connectivity index (χ2n) is 8.51. The molecule has 28 heavy (non-hydrogen) atoms. The van der Waals surface area contributed by atoms with Crippen LogP contribution in [0, 0.1) is 17.8 Å². The molecule has 0 spiro atoms. The number of hydrogen-bond acceptors (Lipinski definition) is 4. The van der Waals surface area contributed by atoms with Gasteiger partial charge in [-0.15, -0.1) is 0 Å². The van der Waals surface area contributed by atoms with Crippen LogP contribution in [0.1, 0.15) is 57.6 Å². The highest BCUT2D eigenvalue weighted by atomic mass is 16.5. The van der Waals surface area contributed by atoms with Crippen LogP contribution in [0.15, 0.2) is 24.3 Å². The maximum atomic E-state index is 12.9. The minimum Gasteiger partial charge on any atom is -0.469 e. The molecule has 1 aromatic rings. The Hall–Kier alpha value is -1.88. The Labute approximate surface area is 168 Å². The number of aryl methyl sites for hydroxylation is 1. The molecule has 0 saturated heterocycles. The van der Waals surface area contributed by atoms with Crippen LogP contribution in [0.2, 0.25) is 0 Å². The molecule has 0 aliphatic heterocycles. The third kappa shape index (κ3) is 5.57. The second kappa shape index (κ2) is 10.1. The van der Waals surface area contributed by atoms with Gasteiger partial charge in [-0.1, -0.05) is 51.5 Å². The zero-order chi connectivity index (χ0) is 20.7. The highest BCUT2D eigenvalue weighted by Crippen LogP contribution is 2.41. The van der Waals surface area contributed by atoms with Gasteiger partial charge >= 0.3 is 5.97 Å². The van der Waals surface area contributed by atoms with E-state index in [1.165, 1.54) is 7.11 Å². The van der Waals surface area contributed by atoms with E-state index in [-0.39, 0.29) is 23.7 Å². The molecule has 0 unspecified atom stereocenters. The minimum atomic E-state index is -1.28. The molecular formula is C23H35NO4. The Balaban J connectivity index is 1.97. The molecule has 1 saturated carbocycles. The van der Waals surface area contributed by atoms with Gasteiger partial charge in [0, 0.05) is 13.0 Å². The molecule has 1 fully saturated rings. The summed E-state index contributed by atoms with van der Waals surface area (Å²) in [4.78, 5) is 24.3. The van der Waals surface area contributed by atoms with E-state index in [4.69, 9.17) is 4.74 Å². The van der Waals surface area contributed by atoms with E-state index in [1.807, 2.05) is 24.3 Å². The van der Waals surface area contributed by atoms with E-state index in [1.54, 1.807) is 0 Å². The molecular weight excluding hydrogens is 354 g/mol. The Morgan fingerprint density at radius 2 is 1.86 bits per heavy atom. The van der Waals surface area contributed by atoms with Gasteiger partial charge in [0.15, 0.2) is 0 Å². The molecule has 3 atom stereocenters. The molecule has 0 radical (unpaired) electrons. The maximum absolute atomic E-state index is 12.9. The molecule has 1 aromatic carbocycles. The fourth-order valence-corrected chi connectivity index (χ4v) is 4.48. The van der Waals surface area contributed by atoms with Crippen molar-refractivity contribution in [2.75, 3.05) is 13.7 Å². The molecule has 0 aromatic heterocycles. The van der Waals surface area contributed by atoms with Gasteiger partial charge in [0.25, 0.3) is 5.91 Å². The summed E-state index contributed by atoms with van der Waals surface area (Å²) in [5.41, 5.74) is 0.916. The molecule has 2 rings (SSSR count). The second-order valence-corrected chi connectivity index (χ2v) is 8.51. The molecule has 1 aliphatic carbocycles. The number of carbonyl (C=O) groups excluding carboxylic acids is 2. The summed E-state index contributed by atoms with van der Waals surface area (Å²) >= 11 is 0. The lowest BCUT2D eigenvalue weighted by atomic mass is 9.66. The van der Waals surface area contributed by atoms with E-state index in [2.05, 4.69) is 26.1 Å². The van der Waals surface area contributed by atoms with Crippen molar-refractivity contribution < 1.29 is 19.4 Å². The predicted octanol–water partition coefficient (Wildman–Crippen LogP) is 3.27. The summed E-state index contributed by atoms with van der Waals surface area (Å²) < 4.78 is 4.72. The fourth-order valence-electron chi connectivity index (χ4n) is 4.48. The minimum absolute atomic E-state index is 0.00366. The molecule has 0 bridgehead atoms. The standard InChI is InChI=1S/C23H35NO4/c1-16(2)20-11-9-17(3)15-23(20,27)22(26)24-14-13-19-8-6-5-7-18(19)10-12-21(25)28-4/h5-8,16-17,20,27H,9-15H2,1-4H3,(H,24,26)/t17-,20+,23+/m1/s1. The van der Waals surface area contributed by atoms with Crippen LogP contribution in [0.3, 0.4) is 0 Å². The van der Waals surface area contributed by atoms with Gasteiger partial charge in [0.2, 0.25) is 0 Å². The molecule has 1 amide bonds. The van der Waals surface area contributed by atoms with E-state index < -0.39 is 5.60 Å². The Bertz CT molecular complexity index is 672. The first-order valence-electron chi connectivity index (χ1n) is 10.4. The number of amides is 1. The first-order chi connectivity index (χ1) is 13.3. The number of aliphatic hydroxyl groups is 1. The summed E-state index contributed by atoms with van der Waals surface area (Å²) in [7, 11) is 1.39. The van der Waals surface area contributed by atoms with Crippen molar-refractivity contribution in [1.29, 1.82) is 0 Å². The predicted molar refractivity (Wildman–Crippen MR) is 110 cm³/mol. The highest BCUT2D eigenvalue weighted by Gasteiger charge is 2.48. The van der Waals surface area contributed by atoms with Crippen molar-refractivity contribution in [2.24, 2.45) is 17.8 Å². The Kier molecular flexibility index (Phi) is 8.05. The molecule has 5 nitrogen and oxygen atoms in total.